The van der Waals surface area contributed by atoms with E-state index in [1.165, 1.54) is 0 Å². The highest BCUT2D eigenvalue weighted by atomic mass is 16.4. The maximum absolute atomic E-state index is 11.1. The lowest BCUT2D eigenvalue weighted by atomic mass is 10.3. The second kappa shape index (κ2) is 4.07. The van der Waals surface area contributed by atoms with Gasteiger partial charge in [0.15, 0.2) is 0 Å². The summed E-state index contributed by atoms with van der Waals surface area (Å²) in [6.07, 6.45) is 1.40. The Kier molecular flexibility index (Phi) is 3.27. The molecule has 0 aromatic heterocycles. The van der Waals surface area contributed by atoms with Gasteiger partial charge in [-0.25, -0.2) is 4.48 Å². The van der Waals surface area contributed by atoms with Gasteiger partial charge in [0.25, 0.3) is 0 Å². The fourth-order valence-electron chi connectivity index (χ4n) is 1.86. The van der Waals surface area contributed by atoms with Crippen molar-refractivity contribution in [1.82, 2.24) is 4.90 Å². The van der Waals surface area contributed by atoms with Crippen LogP contribution in [-0.2, 0) is 0 Å². The van der Waals surface area contributed by atoms with E-state index in [1.807, 2.05) is 7.05 Å². The standard InChI is InChI=1S/C9H18N2O2/c1-3-4-6-11(9(12)13)7-5-10(2)8-11/h3-8H2,1-2H3/p+1. The molecule has 1 aliphatic heterocycles. The van der Waals surface area contributed by atoms with E-state index in [9.17, 15) is 4.79 Å². The second-order valence-electron chi connectivity index (χ2n) is 3.95. The zero-order valence-corrected chi connectivity index (χ0v) is 8.49. The lowest BCUT2D eigenvalue weighted by Gasteiger charge is -2.26. The van der Waals surface area contributed by atoms with Crippen LogP contribution in [0.2, 0.25) is 0 Å². The number of rotatable bonds is 3. The zero-order chi connectivity index (χ0) is 9.90. The van der Waals surface area contributed by atoms with Gasteiger partial charge in [0.1, 0.15) is 13.2 Å². The monoisotopic (exact) mass is 187 g/mol. The lowest BCUT2D eigenvalue weighted by Crippen LogP contribution is -2.51. The van der Waals surface area contributed by atoms with Crippen LogP contribution < -0.4 is 0 Å². The van der Waals surface area contributed by atoms with Gasteiger partial charge in [0.05, 0.1) is 13.1 Å². The molecule has 0 aromatic carbocycles. The van der Waals surface area contributed by atoms with Gasteiger partial charge in [-0.1, -0.05) is 13.3 Å². The molecule has 13 heavy (non-hydrogen) atoms. The van der Waals surface area contributed by atoms with Gasteiger partial charge in [0, 0.05) is 0 Å². The number of unbranched alkanes of at least 4 members (excludes halogenated alkanes) is 1. The highest BCUT2D eigenvalue weighted by molar-refractivity contribution is 5.56. The molecule has 1 amide bonds. The summed E-state index contributed by atoms with van der Waals surface area (Å²) in [7, 11) is 1.98. The smallest absolute Gasteiger partial charge is 0.435 e. The number of likely N-dealkylation sites (N-methyl/N-ethyl adjacent to an activating group) is 1. The van der Waals surface area contributed by atoms with Crippen LogP contribution in [0, 0.1) is 0 Å². The molecule has 1 saturated heterocycles. The molecule has 0 bridgehead atoms. The molecule has 1 heterocycles. The van der Waals surface area contributed by atoms with E-state index in [4.69, 9.17) is 5.11 Å². The highest BCUT2D eigenvalue weighted by Crippen LogP contribution is 2.17. The average molecular weight is 187 g/mol. The molecule has 0 saturated carbocycles. The first-order valence-electron chi connectivity index (χ1n) is 4.89. The molecule has 76 valence electrons. The topological polar surface area (TPSA) is 40.5 Å². The van der Waals surface area contributed by atoms with Gasteiger partial charge in [-0.2, -0.15) is 4.79 Å². The third kappa shape index (κ3) is 2.19. The summed E-state index contributed by atoms with van der Waals surface area (Å²) in [5.74, 6) is 0. The fraction of sp³-hybridized carbons (Fsp3) is 0.889. The Morgan fingerprint density at radius 1 is 1.62 bits per heavy atom. The van der Waals surface area contributed by atoms with Crippen molar-refractivity contribution in [3.63, 3.8) is 0 Å². The molecule has 1 rings (SSSR count). The van der Waals surface area contributed by atoms with Crippen LogP contribution in [-0.4, -0.2) is 53.9 Å². The Morgan fingerprint density at radius 3 is 2.69 bits per heavy atom. The van der Waals surface area contributed by atoms with E-state index in [-0.39, 0.29) is 4.48 Å². The number of amides is 1. The third-order valence-electron chi connectivity index (χ3n) is 2.77. The number of hydrogen-bond acceptors (Lipinski definition) is 2. The Labute approximate surface area is 79.3 Å². The molecule has 4 heteroatoms. The number of quaternary nitrogens is 1. The summed E-state index contributed by atoms with van der Waals surface area (Å²) in [6.45, 7) is 5.19. The fourth-order valence-corrected chi connectivity index (χ4v) is 1.86. The van der Waals surface area contributed by atoms with Crippen molar-refractivity contribution in [1.29, 1.82) is 0 Å². The van der Waals surface area contributed by atoms with Crippen LogP contribution in [0.4, 0.5) is 4.79 Å². The van der Waals surface area contributed by atoms with E-state index >= 15 is 0 Å². The van der Waals surface area contributed by atoms with Gasteiger partial charge in [-0.3, -0.25) is 4.90 Å². The molecule has 1 N–H and O–H groups in total. The highest BCUT2D eigenvalue weighted by Gasteiger charge is 2.41. The van der Waals surface area contributed by atoms with Gasteiger partial charge < -0.3 is 5.11 Å². The first-order valence-corrected chi connectivity index (χ1v) is 4.89. The normalized spacial score (nSPS) is 29.4. The molecule has 1 unspecified atom stereocenters. The van der Waals surface area contributed by atoms with E-state index in [2.05, 4.69) is 11.8 Å². The molecule has 0 aliphatic carbocycles. The van der Waals surface area contributed by atoms with Crippen LogP contribution >= 0.6 is 0 Å². The molecule has 0 radical (unpaired) electrons. The van der Waals surface area contributed by atoms with E-state index in [1.54, 1.807) is 0 Å². The predicted molar refractivity (Wildman–Crippen MR) is 50.4 cm³/mol. The van der Waals surface area contributed by atoms with Crippen molar-refractivity contribution in [2.75, 3.05) is 33.4 Å². The number of carbonyl (C=O) groups is 1. The Morgan fingerprint density at radius 2 is 2.31 bits per heavy atom. The van der Waals surface area contributed by atoms with E-state index in [0.717, 1.165) is 32.5 Å². The van der Waals surface area contributed by atoms with Crippen molar-refractivity contribution >= 4 is 6.09 Å². The summed E-state index contributed by atoms with van der Waals surface area (Å²) in [6, 6.07) is 0. The maximum Gasteiger partial charge on any atom is 0.514 e. The molecule has 1 fully saturated rings. The van der Waals surface area contributed by atoms with E-state index < -0.39 is 6.09 Å². The summed E-state index contributed by atoms with van der Waals surface area (Å²) in [4.78, 5) is 13.2. The van der Waals surface area contributed by atoms with Crippen LogP contribution in [0.5, 0.6) is 0 Å². The quantitative estimate of drug-likeness (QED) is 0.675. The Hall–Kier alpha value is -0.610. The summed E-state index contributed by atoms with van der Waals surface area (Å²) >= 11 is 0. The maximum atomic E-state index is 11.1. The molecule has 0 aromatic rings. The van der Waals surface area contributed by atoms with Crippen LogP contribution in [0.15, 0.2) is 0 Å². The van der Waals surface area contributed by atoms with Gasteiger partial charge >= 0.3 is 6.09 Å². The third-order valence-corrected chi connectivity index (χ3v) is 2.77. The van der Waals surface area contributed by atoms with Gasteiger partial charge in [-0.05, 0) is 13.5 Å². The molecular weight excluding hydrogens is 168 g/mol. The number of hydrogen-bond donors (Lipinski definition) is 1. The first-order chi connectivity index (χ1) is 6.10. The van der Waals surface area contributed by atoms with Crippen molar-refractivity contribution < 1.29 is 14.4 Å². The molecular formula is C9H19N2O2+. The molecule has 0 spiro atoms. The van der Waals surface area contributed by atoms with Crippen LogP contribution in [0.25, 0.3) is 0 Å². The second-order valence-corrected chi connectivity index (χ2v) is 3.95. The molecule has 1 aliphatic rings. The minimum atomic E-state index is -0.669. The summed E-state index contributed by atoms with van der Waals surface area (Å²) in [5.41, 5.74) is 0. The van der Waals surface area contributed by atoms with Crippen molar-refractivity contribution in [3.05, 3.63) is 0 Å². The number of carboxylic acid groups (broad SMARTS) is 1. The first kappa shape index (κ1) is 10.5. The molecule has 4 nitrogen and oxygen atoms in total. The summed E-state index contributed by atoms with van der Waals surface area (Å²) < 4.78 is 0.240. The SMILES string of the molecule is CCCC[N+]1(C(=O)O)CCN(C)C1. The van der Waals surface area contributed by atoms with Crippen molar-refractivity contribution in [2.45, 2.75) is 19.8 Å². The van der Waals surface area contributed by atoms with Gasteiger partial charge in [-0.15, -0.1) is 0 Å². The summed E-state index contributed by atoms with van der Waals surface area (Å²) in [5, 5.41) is 9.15. The lowest BCUT2D eigenvalue weighted by molar-refractivity contribution is -0.849. The largest absolute Gasteiger partial charge is 0.514 e. The van der Waals surface area contributed by atoms with Crippen molar-refractivity contribution in [2.24, 2.45) is 0 Å². The van der Waals surface area contributed by atoms with Crippen LogP contribution in [0.3, 0.4) is 0 Å². The minimum Gasteiger partial charge on any atom is -0.435 e. The van der Waals surface area contributed by atoms with Crippen molar-refractivity contribution in [3.8, 4) is 0 Å². The van der Waals surface area contributed by atoms with E-state index in [0.29, 0.717) is 6.67 Å². The Balaban J connectivity index is 2.60. The predicted octanol–water partition coefficient (Wildman–Crippen LogP) is 1.18. The van der Waals surface area contributed by atoms with Crippen LogP contribution in [0.1, 0.15) is 19.8 Å². The van der Waals surface area contributed by atoms with Gasteiger partial charge in [0.2, 0.25) is 0 Å². The molecule has 1 atom stereocenters. The number of nitrogens with zero attached hydrogens (tertiary/aromatic N) is 2. The zero-order valence-electron chi connectivity index (χ0n) is 8.49. The Bertz CT molecular complexity index is 196. The average Bonchev–Trinajstić information content (AvgIpc) is 2.45. The minimum absolute atomic E-state index is 0.240.